The van der Waals surface area contributed by atoms with Crippen molar-refractivity contribution in [2.75, 3.05) is 0 Å². The largest absolute Gasteiger partial charge is 0.347 e. The summed E-state index contributed by atoms with van der Waals surface area (Å²) in [5.41, 5.74) is 0. The molecule has 23 heavy (non-hydrogen) atoms. The van der Waals surface area contributed by atoms with Gasteiger partial charge in [0.1, 0.15) is 12.1 Å². The Bertz CT molecular complexity index is 654. The number of nitrogens with one attached hydrogen (secondary N) is 1. The van der Waals surface area contributed by atoms with Gasteiger partial charge in [0, 0.05) is 30.6 Å². The van der Waals surface area contributed by atoms with Gasteiger partial charge in [-0.25, -0.2) is 23.7 Å². The van der Waals surface area contributed by atoms with E-state index in [0.29, 0.717) is 31.5 Å². The third-order valence-corrected chi connectivity index (χ3v) is 4.08. The first-order chi connectivity index (χ1) is 11.1. The Labute approximate surface area is 132 Å². The molecule has 0 unspecified atom stereocenters. The molecule has 3 rings (SSSR count). The molecule has 1 saturated carbocycles. The zero-order chi connectivity index (χ0) is 16.2. The summed E-state index contributed by atoms with van der Waals surface area (Å²) in [5.74, 6) is -0.326. The van der Waals surface area contributed by atoms with Crippen LogP contribution < -0.4 is 5.32 Å². The molecule has 0 saturated heterocycles. The van der Waals surface area contributed by atoms with Crippen LogP contribution in [0.2, 0.25) is 0 Å². The molecule has 6 nitrogen and oxygen atoms in total. The number of amides is 1. The molecule has 8 heteroatoms. The molecule has 1 aliphatic rings. The average molecular weight is 321 g/mol. The Morgan fingerprint density at radius 1 is 1.26 bits per heavy atom. The quantitative estimate of drug-likeness (QED) is 0.937. The SMILES string of the molecule is O=C(NC1CCC(C(F)F)CC1)c1nccc(-n2ccnc2)n1. The number of rotatable bonds is 4. The minimum absolute atomic E-state index is 0.0622. The van der Waals surface area contributed by atoms with Crippen molar-refractivity contribution in [2.24, 2.45) is 5.92 Å². The lowest BCUT2D eigenvalue weighted by Crippen LogP contribution is -2.39. The summed E-state index contributed by atoms with van der Waals surface area (Å²) in [6, 6.07) is 1.57. The van der Waals surface area contributed by atoms with E-state index in [9.17, 15) is 13.6 Å². The van der Waals surface area contributed by atoms with Crippen molar-refractivity contribution < 1.29 is 13.6 Å². The molecule has 1 aliphatic carbocycles. The van der Waals surface area contributed by atoms with E-state index in [4.69, 9.17) is 0 Å². The number of carbonyl (C=O) groups excluding carboxylic acids is 1. The third-order valence-electron chi connectivity index (χ3n) is 4.08. The summed E-state index contributed by atoms with van der Waals surface area (Å²) in [6.07, 6.45) is 6.11. The number of hydrogen-bond acceptors (Lipinski definition) is 4. The lowest BCUT2D eigenvalue weighted by Gasteiger charge is -2.28. The van der Waals surface area contributed by atoms with Crippen LogP contribution in [0.15, 0.2) is 31.0 Å². The normalized spacial score (nSPS) is 21.3. The van der Waals surface area contributed by atoms with Crippen LogP contribution in [0, 0.1) is 5.92 Å². The van der Waals surface area contributed by atoms with E-state index in [1.807, 2.05) is 0 Å². The second-order valence-corrected chi connectivity index (χ2v) is 5.63. The molecule has 0 spiro atoms. The summed E-state index contributed by atoms with van der Waals surface area (Å²) < 4.78 is 27.0. The van der Waals surface area contributed by atoms with Crippen molar-refractivity contribution in [3.63, 3.8) is 0 Å². The molecule has 0 atom stereocenters. The van der Waals surface area contributed by atoms with E-state index in [0.717, 1.165) is 0 Å². The molecular weight excluding hydrogens is 304 g/mol. The number of halogens is 2. The van der Waals surface area contributed by atoms with E-state index in [1.54, 1.807) is 29.4 Å². The fraction of sp³-hybridized carbons (Fsp3) is 0.467. The molecule has 2 aromatic heterocycles. The van der Waals surface area contributed by atoms with Gasteiger partial charge in [-0.2, -0.15) is 0 Å². The van der Waals surface area contributed by atoms with Crippen LogP contribution in [0.1, 0.15) is 36.3 Å². The highest BCUT2D eigenvalue weighted by atomic mass is 19.3. The zero-order valence-corrected chi connectivity index (χ0v) is 12.4. The third kappa shape index (κ3) is 3.69. The van der Waals surface area contributed by atoms with Crippen LogP contribution in [0.5, 0.6) is 0 Å². The summed E-state index contributed by atoms with van der Waals surface area (Å²) >= 11 is 0. The molecule has 1 N–H and O–H groups in total. The van der Waals surface area contributed by atoms with Gasteiger partial charge in [0.25, 0.3) is 5.91 Å². The predicted octanol–water partition coefficient (Wildman–Crippen LogP) is 2.22. The van der Waals surface area contributed by atoms with Gasteiger partial charge < -0.3 is 5.32 Å². The predicted molar refractivity (Wildman–Crippen MR) is 78.4 cm³/mol. The Balaban J connectivity index is 1.62. The molecule has 1 fully saturated rings. The number of carbonyl (C=O) groups is 1. The van der Waals surface area contributed by atoms with Crippen LogP contribution in [0.4, 0.5) is 8.78 Å². The number of alkyl halides is 2. The standard InChI is InChI=1S/C15H17F2N5O/c16-13(17)10-1-3-11(4-2-10)20-15(23)14-19-6-5-12(21-14)22-8-7-18-9-22/h5-11,13H,1-4H2,(H,20,23). The summed E-state index contributed by atoms with van der Waals surface area (Å²) in [4.78, 5) is 24.4. The Morgan fingerprint density at radius 2 is 2.04 bits per heavy atom. The summed E-state index contributed by atoms with van der Waals surface area (Å²) in [7, 11) is 0. The molecule has 0 aliphatic heterocycles. The molecule has 0 radical (unpaired) electrons. The van der Waals surface area contributed by atoms with E-state index >= 15 is 0 Å². The van der Waals surface area contributed by atoms with E-state index < -0.39 is 12.3 Å². The number of nitrogens with zero attached hydrogens (tertiary/aromatic N) is 4. The van der Waals surface area contributed by atoms with Crippen molar-refractivity contribution in [3.8, 4) is 5.82 Å². The summed E-state index contributed by atoms with van der Waals surface area (Å²) in [6.45, 7) is 0. The molecule has 1 amide bonds. The number of hydrogen-bond donors (Lipinski definition) is 1. The smallest absolute Gasteiger partial charge is 0.289 e. The number of imidazole rings is 1. The van der Waals surface area contributed by atoms with Crippen molar-refractivity contribution in [1.29, 1.82) is 0 Å². The second-order valence-electron chi connectivity index (χ2n) is 5.63. The first kappa shape index (κ1) is 15.5. The second kappa shape index (κ2) is 6.80. The highest BCUT2D eigenvalue weighted by Crippen LogP contribution is 2.29. The van der Waals surface area contributed by atoms with Crippen LogP contribution in [0.3, 0.4) is 0 Å². The minimum Gasteiger partial charge on any atom is -0.347 e. The molecule has 2 heterocycles. The lowest BCUT2D eigenvalue weighted by molar-refractivity contribution is 0.0498. The van der Waals surface area contributed by atoms with Crippen LogP contribution >= 0.6 is 0 Å². The van der Waals surface area contributed by atoms with Gasteiger partial charge in [0.05, 0.1) is 0 Å². The molecule has 0 bridgehead atoms. The summed E-state index contributed by atoms with van der Waals surface area (Å²) in [5, 5.41) is 2.83. The molecule has 2 aromatic rings. The maximum absolute atomic E-state index is 12.6. The van der Waals surface area contributed by atoms with Crippen LogP contribution in [-0.4, -0.2) is 37.9 Å². The van der Waals surface area contributed by atoms with Crippen molar-refractivity contribution in [3.05, 3.63) is 36.8 Å². The van der Waals surface area contributed by atoms with Crippen molar-refractivity contribution >= 4 is 5.91 Å². The Kier molecular flexibility index (Phi) is 4.59. The van der Waals surface area contributed by atoms with Crippen LogP contribution in [0.25, 0.3) is 5.82 Å². The molecule has 0 aromatic carbocycles. The highest BCUT2D eigenvalue weighted by molar-refractivity contribution is 5.90. The van der Waals surface area contributed by atoms with Crippen LogP contribution in [-0.2, 0) is 0 Å². The van der Waals surface area contributed by atoms with Gasteiger partial charge in [-0.05, 0) is 31.7 Å². The van der Waals surface area contributed by atoms with Gasteiger partial charge in [0.2, 0.25) is 12.2 Å². The first-order valence-electron chi connectivity index (χ1n) is 7.54. The zero-order valence-electron chi connectivity index (χ0n) is 12.4. The Hall–Kier alpha value is -2.38. The fourth-order valence-electron chi connectivity index (χ4n) is 2.76. The maximum Gasteiger partial charge on any atom is 0.289 e. The lowest BCUT2D eigenvalue weighted by atomic mass is 9.86. The fourth-order valence-corrected chi connectivity index (χ4v) is 2.76. The highest BCUT2D eigenvalue weighted by Gasteiger charge is 2.28. The van der Waals surface area contributed by atoms with Gasteiger partial charge in [-0.15, -0.1) is 0 Å². The van der Waals surface area contributed by atoms with Gasteiger partial charge in [-0.3, -0.25) is 9.36 Å². The molecular formula is C15H17F2N5O. The first-order valence-corrected chi connectivity index (χ1v) is 7.54. The molecule has 122 valence electrons. The Morgan fingerprint density at radius 3 is 2.70 bits per heavy atom. The topological polar surface area (TPSA) is 72.7 Å². The van der Waals surface area contributed by atoms with E-state index in [-0.39, 0.29) is 17.8 Å². The van der Waals surface area contributed by atoms with Crippen molar-refractivity contribution in [2.45, 2.75) is 38.2 Å². The van der Waals surface area contributed by atoms with E-state index in [1.165, 1.54) is 6.20 Å². The van der Waals surface area contributed by atoms with Gasteiger partial charge in [0.15, 0.2) is 0 Å². The van der Waals surface area contributed by atoms with Gasteiger partial charge in [-0.1, -0.05) is 0 Å². The maximum atomic E-state index is 12.6. The average Bonchev–Trinajstić information content (AvgIpc) is 3.10. The minimum atomic E-state index is -2.28. The monoisotopic (exact) mass is 321 g/mol. The number of aromatic nitrogens is 4. The van der Waals surface area contributed by atoms with E-state index in [2.05, 4.69) is 20.3 Å². The van der Waals surface area contributed by atoms with Gasteiger partial charge >= 0.3 is 0 Å². The van der Waals surface area contributed by atoms with Crippen molar-refractivity contribution in [1.82, 2.24) is 24.8 Å².